The van der Waals surface area contributed by atoms with Gasteiger partial charge in [0.15, 0.2) is 0 Å². The molecule has 198 valence electrons. The lowest BCUT2D eigenvalue weighted by Gasteiger charge is -2.27. The number of aromatic nitrogens is 1. The van der Waals surface area contributed by atoms with Crippen molar-refractivity contribution in [2.75, 3.05) is 6.54 Å². The molecule has 1 aromatic heterocycles. The third-order valence-corrected chi connectivity index (χ3v) is 7.86. The molecule has 1 aliphatic carbocycles. The van der Waals surface area contributed by atoms with E-state index in [0.29, 0.717) is 18.8 Å². The van der Waals surface area contributed by atoms with Crippen molar-refractivity contribution in [1.82, 2.24) is 20.9 Å². The van der Waals surface area contributed by atoms with Crippen molar-refractivity contribution in [2.45, 2.75) is 83.7 Å². The second-order valence-electron chi connectivity index (χ2n) is 10.0. The molecular formula is C28H37N5O3S. The number of nitrogens with zero attached hydrogens (tertiary/aromatic N) is 2. The molecule has 0 saturated heterocycles. The van der Waals surface area contributed by atoms with Crippen LogP contribution in [0.3, 0.4) is 0 Å². The van der Waals surface area contributed by atoms with Crippen LogP contribution in [-0.4, -0.2) is 41.3 Å². The Kier molecular flexibility index (Phi) is 10.2. The van der Waals surface area contributed by atoms with Crippen molar-refractivity contribution in [1.29, 1.82) is 5.26 Å². The monoisotopic (exact) mass is 523 g/mol. The van der Waals surface area contributed by atoms with Gasteiger partial charge in [-0.15, -0.1) is 11.3 Å². The number of benzene rings is 1. The zero-order valence-electron chi connectivity index (χ0n) is 21.9. The quantitative estimate of drug-likeness (QED) is 0.285. The average molecular weight is 524 g/mol. The van der Waals surface area contributed by atoms with Crippen LogP contribution in [0, 0.1) is 17.2 Å². The van der Waals surface area contributed by atoms with Gasteiger partial charge in [0.2, 0.25) is 11.8 Å². The molecule has 1 heterocycles. The second-order valence-corrected chi connectivity index (χ2v) is 11.1. The van der Waals surface area contributed by atoms with Gasteiger partial charge in [-0.2, -0.15) is 5.26 Å². The van der Waals surface area contributed by atoms with Gasteiger partial charge in [0.05, 0.1) is 15.2 Å². The fraction of sp³-hybridized carbons (Fsp3) is 0.536. The molecule has 0 unspecified atom stereocenters. The molecule has 3 N–H and O–H groups in total. The minimum Gasteiger partial charge on any atom is -0.350 e. The average Bonchev–Trinajstić information content (AvgIpc) is 3.54. The molecule has 1 fully saturated rings. The van der Waals surface area contributed by atoms with Gasteiger partial charge in [0.25, 0.3) is 5.91 Å². The molecule has 1 saturated carbocycles. The molecule has 3 amide bonds. The van der Waals surface area contributed by atoms with Gasteiger partial charge in [0.1, 0.15) is 17.7 Å². The van der Waals surface area contributed by atoms with E-state index in [-0.39, 0.29) is 42.3 Å². The third kappa shape index (κ3) is 7.86. The Morgan fingerprint density at radius 1 is 1.22 bits per heavy atom. The molecular weight excluding hydrogens is 486 g/mol. The maximum atomic E-state index is 13.5. The van der Waals surface area contributed by atoms with E-state index in [0.717, 1.165) is 40.9 Å². The zero-order chi connectivity index (χ0) is 26.9. The SMILES string of the molecule is C=C(C#N)C(=O)NC[C@@H](NC(=O)[C@H](Cc1nc2ccc(C(C)C)cc2s1)NC(=O)CCC)C1CCCC1. The van der Waals surface area contributed by atoms with Gasteiger partial charge < -0.3 is 16.0 Å². The fourth-order valence-electron chi connectivity index (χ4n) is 4.65. The van der Waals surface area contributed by atoms with Crippen molar-refractivity contribution in [3.8, 4) is 6.07 Å². The lowest BCUT2D eigenvalue weighted by atomic mass is 9.97. The number of hydrogen-bond donors (Lipinski definition) is 3. The molecule has 2 atom stereocenters. The van der Waals surface area contributed by atoms with E-state index in [9.17, 15) is 14.4 Å². The summed E-state index contributed by atoms with van der Waals surface area (Å²) in [7, 11) is 0. The topological polar surface area (TPSA) is 124 Å². The van der Waals surface area contributed by atoms with Gasteiger partial charge in [-0.1, -0.05) is 46.3 Å². The number of nitrogens with one attached hydrogen (secondary N) is 3. The van der Waals surface area contributed by atoms with Gasteiger partial charge in [-0.05, 0) is 48.8 Å². The Hall–Kier alpha value is -3.25. The molecule has 3 rings (SSSR count). The van der Waals surface area contributed by atoms with E-state index < -0.39 is 11.9 Å². The number of hydrogen-bond acceptors (Lipinski definition) is 6. The minimum absolute atomic E-state index is 0.169. The van der Waals surface area contributed by atoms with E-state index in [1.54, 1.807) is 6.07 Å². The summed E-state index contributed by atoms with van der Waals surface area (Å²) in [5.74, 6) is -0.398. The highest BCUT2D eigenvalue weighted by molar-refractivity contribution is 7.18. The van der Waals surface area contributed by atoms with E-state index in [2.05, 4.69) is 48.5 Å². The van der Waals surface area contributed by atoms with Crippen molar-refractivity contribution >= 4 is 39.3 Å². The summed E-state index contributed by atoms with van der Waals surface area (Å²) >= 11 is 1.54. The minimum atomic E-state index is -0.780. The van der Waals surface area contributed by atoms with Crippen LogP contribution in [-0.2, 0) is 20.8 Å². The first kappa shape index (κ1) is 28.3. The molecule has 1 aromatic carbocycles. The van der Waals surface area contributed by atoms with E-state index in [4.69, 9.17) is 10.2 Å². The third-order valence-electron chi connectivity index (χ3n) is 6.82. The van der Waals surface area contributed by atoms with Crippen molar-refractivity contribution < 1.29 is 14.4 Å². The van der Waals surface area contributed by atoms with Gasteiger partial charge in [-0.25, -0.2) is 4.98 Å². The lowest BCUT2D eigenvalue weighted by molar-refractivity contribution is -0.129. The Balaban J connectivity index is 1.78. The second kappa shape index (κ2) is 13.3. The summed E-state index contributed by atoms with van der Waals surface area (Å²) in [4.78, 5) is 42.9. The standard InChI is InChI=1S/C28H37N5O3S/c1-5-8-25(34)31-22(14-26-32-21-12-11-20(17(2)3)13-24(21)37-26)28(36)33-23(19-9-6-7-10-19)16-30-27(35)18(4)15-29/h11-13,17,19,22-23H,4-10,14,16H2,1-3H3,(H,30,35)(H,31,34)(H,33,36)/t22-,23+/m0/s1. The van der Waals surface area contributed by atoms with Crippen molar-refractivity contribution in [3.05, 3.63) is 40.9 Å². The van der Waals surface area contributed by atoms with E-state index in [1.165, 1.54) is 16.9 Å². The number of nitriles is 1. The number of amides is 3. The first-order chi connectivity index (χ1) is 17.7. The smallest absolute Gasteiger partial charge is 0.261 e. The molecule has 37 heavy (non-hydrogen) atoms. The molecule has 0 radical (unpaired) electrons. The van der Waals surface area contributed by atoms with Crippen LogP contribution in [0.15, 0.2) is 30.4 Å². The van der Waals surface area contributed by atoms with Crippen LogP contribution in [0.1, 0.15) is 75.8 Å². The maximum Gasteiger partial charge on any atom is 0.261 e. The summed E-state index contributed by atoms with van der Waals surface area (Å²) in [6, 6.07) is 6.88. The predicted molar refractivity (Wildman–Crippen MR) is 146 cm³/mol. The number of carbonyl (C=O) groups is 3. The van der Waals surface area contributed by atoms with Crippen LogP contribution in [0.25, 0.3) is 10.2 Å². The Morgan fingerprint density at radius 2 is 1.95 bits per heavy atom. The van der Waals surface area contributed by atoms with Crippen LogP contribution < -0.4 is 16.0 Å². The van der Waals surface area contributed by atoms with E-state index in [1.807, 2.05) is 13.0 Å². The molecule has 8 nitrogen and oxygen atoms in total. The highest BCUT2D eigenvalue weighted by Gasteiger charge is 2.30. The summed E-state index contributed by atoms with van der Waals surface area (Å²) in [6.45, 7) is 9.86. The number of thiazole rings is 1. The number of carbonyl (C=O) groups excluding carboxylic acids is 3. The first-order valence-electron chi connectivity index (χ1n) is 13.1. The van der Waals surface area contributed by atoms with Crippen LogP contribution in [0.5, 0.6) is 0 Å². The predicted octanol–water partition coefficient (Wildman–Crippen LogP) is 4.12. The first-order valence-corrected chi connectivity index (χ1v) is 13.9. The maximum absolute atomic E-state index is 13.5. The normalized spacial score (nSPS) is 15.2. The van der Waals surface area contributed by atoms with Gasteiger partial charge in [-0.3, -0.25) is 14.4 Å². The Bertz CT molecular complexity index is 1180. The highest BCUT2D eigenvalue weighted by Crippen LogP contribution is 2.29. The van der Waals surface area contributed by atoms with Crippen LogP contribution in [0.2, 0.25) is 0 Å². The van der Waals surface area contributed by atoms with Gasteiger partial charge >= 0.3 is 0 Å². The lowest BCUT2D eigenvalue weighted by Crippen LogP contribution is -2.54. The van der Waals surface area contributed by atoms with Gasteiger partial charge in [0, 0.05) is 25.4 Å². The van der Waals surface area contributed by atoms with Crippen molar-refractivity contribution in [3.63, 3.8) is 0 Å². The highest BCUT2D eigenvalue weighted by atomic mass is 32.1. The summed E-state index contributed by atoms with van der Waals surface area (Å²) < 4.78 is 1.06. The summed E-state index contributed by atoms with van der Waals surface area (Å²) in [5.41, 5.74) is 1.94. The summed E-state index contributed by atoms with van der Waals surface area (Å²) in [5, 5.41) is 18.4. The Morgan fingerprint density at radius 3 is 2.59 bits per heavy atom. The van der Waals surface area contributed by atoms with Crippen LogP contribution in [0.4, 0.5) is 0 Å². The molecule has 0 aliphatic heterocycles. The summed E-state index contributed by atoms with van der Waals surface area (Å²) in [6.07, 6.45) is 5.32. The van der Waals surface area contributed by atoms with Crippen LogP contribution >= 0.6 is 11.3 Å². The number of fused-ring (bicyclic) bond motifs is 1. The molecule has 0 spiro atoms. The molecule has 0 bridgehead atoms. The zero-order valence-corrected chi connectivity index (χ0v) is 22.7. The van der Waals surface area contributed by atoms with E-state index >= 15 is 0 Å². The largest absolute Gasteiger partial charge is 0.350 e. The molecule has 9 heteroatoms. The molecule has 2 aromatic rings. The van der Waals surface area contributed by atoms with Crippen molar-refractivity contribution in [2.24, 2.45) is 5.92 Å². The fourth-order valence-corrected chi connectivity index (χ4v) is 5.71. The number of rotatable bonds is 12. The molecule has 1 aliphatic rings. The Labute approximate surface area is 222 Å².